The van der Waals surface area contributed by atoms with Crippen LogP contribution in [0.1, 0.15) is 51.7 Å². The number of hydrogen-bond acceptors (Lipinski definition) is 4. The summed E-state index contributed by atoms with van der Waals surface area (Å²) in [7, 11) is -3.55. The van der Waals surface area contributed by atoms with Crippen molar-refractivity contribution in [2.24, 2.45) is 0 Å². The van der Waals surface area contributed by atoms with E-state index in [0.29, 0.717) is 17.1 Å². The lowest BCUT2D eigenvalue weighted by Crippen LogP contribution is -2.52. The minimum Gasteiger partial charge on any atom is -0.350 e. The molecule has 0 aromatic heterocycles. The fourth-order valence-electron chi connectivity index (χ4n) is 3.68. The average molecular weight is 522 g/mol. The van der Waals surface area contributed by atoms with Gasteiger partial charge in [-0.05, 0) is 70.9 Å². The predicted molar refractivity (Wildman–Crippen MR) is 142 cm³/mol. The Morgan fingerprint density at radius 2 is 1.71 bits per heavy atom. The molecule has 0 aliphatic carbocycles. The van der Waals surface area contributed by atoms with Crippen LogP contribution in [0, 0.1) is 6.92 Å². The van der Waals surface area contributed by atoms with Crippen LogP contribution in [-0.4, -0.2) is 49.5 Å². The molecule has 1 unspecified atom stereocenters. The number of nitrogens with zero attached hydrogens (tertiary/aromatic N) is 2. The number of carbonyl (C=O) groups is 2. The maximum Gasteiger partial charge on any atom is 0.242 e. The van der Waals surface area contributed by atoms with Crippen molar-refractivity contribution in [3.63, 3.8) is 0 Å². The van der Waals surface area contributed by atoms with Gasteiger partial charge in [0.05, 0.1) is 11.9 Å². The van der Waals surface area contributed by atoms with Crippen molar-refractivity contribution in [3.05, 3.63) is 64.7 Å². The first kappa shape index (κ1) is 28.7. The van der Waals surface area contributed by atoms with E-state index in [1.807, 2.05) is 52.0 Å². The van der Waals surface area contributed by atoms with Gasteiger partial charge in [-0.15, -0.1) is 0 Å². The standard InChI is InChI=1S/C26H36ClN3O4S/c1-19-9-7-10-21(17-19)18-29(20(2)25(32)28-26(3,4)5)24(31)11-8-16-30(35(6,33)34)23-14-12-22(27)13-15-23/h7,9-10,12-15,17,20H,8,11,16,18H2,1-6H3,(H,28,32). The molecule has 0 heterocycles. The van der Waals surface area contributed by atoms with Crippen molar-refractivity contribution in [3.8, 4) is 0 Å². The highest BCUT2D eigenvalue weighted by molar-refractivity contribution is 7.92. The van der Waals surface area contributed by atoms with Crippen LogP contribution in [0.15, 0.2) is 48.5 Å². The van der Waals surface area contributed by atoms with Crippen LogP contribution in [0.2, 0.25) is 5.02 Å². The summed E-state index contributed by atoms with van der Waals surface area (Å²) in [4.78, 5) is 27.8. The normalized spacial score (nSPS) is 12.7. The molecular formula is C26H36ClN3O4S. The third kappa shape index (κ3) is 9.18. The van der Waals surface area contributed by atoms with Gasteiger partial charge in [0.15, 0.2) is 0 Å². The predicted octanol–water partition coefficient (Wildman–Crippen LogP) is 4.53. The van der Waals surface area contributed by atoms with Gasteiger partial charge >= 0.3 is 0 Å². The van der Waals surface area contributed by atoms with Gasteiger partial charge in [-0.1, -0.05) is 41.4 Å². The molecule has 0 bridgehead atoms. The Bertz CT molecular complexity index is 1130. The lowest BCUT2D eigenvalue weighted by molar-refractivity contribution is -0.141. The summed E-state index contributed by atoms with van der Waals surface area (Å²) >= 11 is 5.93. The zero-order chi connectivity index (χ0) is 26.4. The van der Waals surface area contributed by atoms with Gasteiger partial charge in [-0.3, -0.25) is 13.9 Å². The van der Waals surface area contributed by atoms with Crippen LogP contribution < -0.4 is 9.62 Å². The molecule has 0 fully saturated rings. The summed E-state index contributed by atoms with van der Waals surface area (Å²) in [6.07, 6.45) is 1.53. The Morgan fingerprint density at radius 3 is 2.26 bits per heavy atom. The van der Waals surface area contributed by atoms with E-state index in [9.17, 15) is 18.0 Å². The number of nitrogens with one attached hydrogen (secondary N) is 1. The molecule has 7 nitrogen and oxygen atoms in total. The van der Waals surface area contributed by atoms with E-state index in [0.717, 1.165) is 17.4 Å². The second-order valence-corrected chi connectivity index (χ2v) is 12.2. The highest BCUT2D eigenvalue weighted by atomic mass is 35.5. The molecule has 2 rings (SSSR count). The van der Waals surface area contributed by atoms with E-state index in [-0.39, 0.29) is 31.3 Å². The van der Waals surface area contributed by atoms with E-state index in [4.69, 9.17) is 11.6 Å². The largest absolute Gasteiger partial charge is 0.350 e. The molecule has 2 aromatic carbocycles. The van der Waals surface area contributed by atoms with Gasteiger partial charge in [-0.2, -0.15) is 0 Å². The van der Waals surface area contributed by atoms with Crippen molar-refractivity contribution in [2.45, 2.75) is 65.6 Å². The van der Waals surface area contributed by atoms with E-state index < -0.39 is 21.6 Å². The van der Waals surface area contributed by atoms with Crippen molar-refractivity contribution < 1.29 is 18.0 Å². The third-order valence-corrected chi connectivity index (χ3v) is 6.81. The Morgan fingerprint density at radius 1 is 1.09 bits per heavy atom. The van der Waals surface area contributed by atoms with Crippen LogP contribution in [0.3, 0.4) is 0 Å². The van der Waals surface area contributed by atoms with Crippen LogP contribution in [0.4, 0.5) is 5.69 Å². The molecule has 192 valence electrons. The number of halogens is 1. The van der Waals surface area contributed by atoms with Crippen molar-refractivity contribution in [1.29, 1.82) is 0 Å². The lowest BCUT2D eigenvalue weighted by atomic mass is 10.1. The van der Waals surface area contributed by atoms with E-state index >= 15 is 0 Å². The Balaban J connectivity index is 2.18. The Kier molecular flexibility index (Phi) is 9.75. The van der Waals surface area contributed by atoms with Crippen molar-refractivity contribution >= 4 is 39.1 Å². The molecule has 35 heavy (non-hydrogen) atoms. The van der Waals surface area contributed by atoms with Crippen LogP contribution in [-0.2, 0) is 26.2 Å². The minimum absolute atomic E-state index is 0.0958. The zero-order valence-electron chi connectivity index (χ0n) is 21.3. The monoisotopic (exact) mass is 521 g/mol. The molecule has 9 heteroatoms. The van der Waals surface area contributed by atoms with E-state index in [1.165, 1.54) is 4.31 Å². The highest BCUT2D eigenvalue weighted by Gasteiger charge is 2.28. The number of sulfonamides is 1. The molecule has 0 aliphatic heterocycles. The average Bonchev–Trinajstić information content (AvgIpc) is 2.73. The summed E-state index contributed by atoms with van der Waals surface area (Å²) in [5.74, 6) is -0.454. The van der Waals surface area contributed by atoms with Crippen molar-refractivity contribution in [1.82, 2.24) is 10.2 Å². The summed E-state index contributed by atoms with van der Waals surface area (Å²) in [6, 6.07) is 13.6. The topological polar surface area (TPSA) is 86.8 Å². The van der Waals surface area contributed by atoms with Gasteiger partial charge in [0, 0.05) is 30.1 Å². The van der Waals surface area contributed by atoms with E-state index in [2.05, 4.69) is 5.32 Å². The quantitative estimate of drug-likeness (QED) is 0.497. The first-order chi connectivity index (χ1) is 16.2. The van der Waals surface area contributed by atoms with Crippen LogP contribution in [0.5, 0.6) is 0 Å². The summed E-state index contributed by atoms with van der Waals surface area (Å²) in [6.45, 7) is 9.77. The highest BCUT2D eigenvalue weighted by Crippen LogP contribution is 2.21. The molecule has 0 aliphatic rings. The van der Waals surface area contributed by atoms with Gasteiger partial charge < -0.3 is 10.2 Å². The Hall–Kier alpha value is -2.58. The summed E-state index contributed by atoms with van der Waals surface area (Å²) < 4.78 is 26.0. The van der Waals surface area contributed by atoms with Crippen LogP contribution in [0.25, 0.3) is 0 Å². The SMILES string of the molecule is Cc1cccc(CN(C(=O)CCCN(c2ccc(Cl)cc2)S(C)(=O)=O)C(C)C(=O)NC(C)(C)C)c1. The second kappa shape index (κ2) is 11.9. The minimum atomic E-state index is -3.55. The molecule has 0 saturated heterocycles. The first-order valence-corrected chi connectivity index (χ1v) is 13.8. The van der Waals surface area contributed by atoms with Gasteiger partial charge in [0.2, 0.25) is 21.8 Å². The maximum atomic E-state index is 13.3. The number of anilines is 1. The molecule has 0 radical (unpaired) electrons. The fourth-order valence-corrected chi connectivity index (χ4v) is 4.77. The zero-order valence-corrected chi connectivity index (χ0v) is 22.9. The lowest BCUT2D eigenvalue weighted by Gasteiger charge is -2.32. The van der Waals surface area contributed by atoms with Gasteiger partial charge in [-0.25, -0.2) is 8.42 Å². The molecule has 2 amide bonds. The number of hydrogen-bond donors (Lipinski definition) is 1. The number of amides is 2. The van der Waals surface area contributed by atoms with Gasteiger partial charge in [0.25, 0.3) is 0 Å². The summed E-state index contributed by atoms with van der Waals surface area (Å²) in [5.41, 5.74) is 2.04. The first-order valence-electron chi connectivity index (χ1n) is 11.6. The van der Waals surface area contributed by atoms with E-state index in [1.54, 1.807) is 36.1 Å². The number of carbonyl (C=O) groups excluding carboxylic acids is 2. The number of rotatable bonds is 10. The Labute approximate surface area is 214 Å². The van der Waals surface area contributed by atoms with Crippen LogP contribution >= 0.6 is 11.6 Å². The molecular weight excluding hydrogens is 486 g/mol. The fraction of sp³-hybridized carbons (Fsp3) is 0.462. The smallest absolute Gasteiger partial charge is 0.242 e. The molecule has 1 N–H and O–H groups in total. The summed E-state index contributed by atoms with van der Waals surface area (Å²) in [5, 5.41) is 3.45. The number of benzene rings is 2. The number of aryl methyl sites for hydroxylation is 1. The maximum absolute atomic E-state index is 13.3. The van der Waals surface area contributed by atoms with Crippen molar-refractivity contribution in [2.75, 3.05) is 17.1 Å². The van der Waals surface area contributed by atoms with Gasteiger partial charge in [0.1, 0.15) is 6.04 Å². The molecule has 1 atom stereocenters. The molecule has 2 aromatic rings. The molecule has 0 saturated carbocycles. The second-order valence-electron chi connectivity index (χ2n) is 9.84. The third-order valence-electron chi connectivity index (χ3n) is 5.37. The molecule has 0 spiro atoms.